The topological polar surface area (TPSA) is 88.4 Å². The number of hydrogen-bond donors (Lipinski definition) is 2. The van der Waals surface area contributed by atoms with Crippen LogP contribution < -0.4 is 10.6 Å². The van der Waals surface area contributed by atoms with Crippen LogP contribution in [0.25, 0.3) is 0 Å². The molecule has 0 saturated carbocycles. The van der Waals surface area contributed by atoms with Crippen molar-refractivity contribution in [3.63, 3.8) is 0 Å². The summed E-state index contributed by atoms with van der Waals surface area (Å²) in [7, 11) is -1.55. The predicted molar refractivity (Wildman–Crippen MR) is 107 cm³/mol. The smallest absolute Gasteiger partial charge is 0.237 e. The van der Waals surface area contributed by atoms with Crippen molar-refractivity contribution in [3.05, 3.63) is 54.0 Å². The van der Waals surface area contributed by atoms with Gasteiger partial charge in [-0.2, -0.15) is 0 Å². The molecule has 1 aromatic heterocycles. The zero-order chi connectivity index (χ0) is 19.6. The van der Waals surface area contributed by atoms with E-state index in [1.54, 1.807) is 6.26 Å². The Morgan fingerprint density at radius 3 is 2.44 bits per heavy atom. The Kier molecular flexibility index (Phi) is 8.26. The predicted octanol–water partition coefficient (Wildman–Crippen LogP) is 2.67. The molecule has 2 aromatic rings. The normalized spacial score (nSPS) is 13.0. The van der Waals surface area contributed by atoms with E-state index in [2.05, 4.69) is 17.6 Å². The lowest BCUT2D eigenvalue weighted by Crippen LogP contribution is -2.37. The van der Waals surface area contributed by atoms with Crippen molar-refractivity contribution >= 4 is 28.3 Å². The molecular weight excluding hydrogens is 364 g/mol. The monoisotopic (exact) mass is 390 g/mol. The minimum Gasteiger partial charge on any atom is -0.469 e. The highest BCUT2D eigenvalue weighted by atomic mass is 32.2. The van der Waals surface area contributed by atoms with E-state index in [-0.39, 0.29) is 29.4 Å². The number of hydrogen-bond acceptors (Lipinski definition) is 4. The van der Waals surface area contributed by atoms with Crippen LogP contribution in [0.4, 0.5) is 5.69 Å². The van der Waals surface area contributed by atoms with Gasteiger partial charge in [-0.1, -0.05) is 19.1 Å². The molecule has 1 aromatic carbocycles. The Morgan fingerprint density at radius 1 is 1.11 bits per heavy atom. The summed E-state index contributed by atoms with van der Waals surface area (Å²) in [6.07, 6.45) is 3.98. The fourth-order valence-corrected chi connectivity index (χ4v) is 3.41. The molecule has 0 aliphatic heterocycles. The molecule has 0 aliphatic carbocycles. The van der Waals surface area contributed by atoms with Crippen molar-refractivity contribution in [3.8, 4) is 0 Å². The Bertz CT molecular complexity index is 757. The van der Waals surface area contributed by atoms with E-state index >= 15 is 0 Å². The maximum Gasteiger partial charge on any atom is 0.237 e. The van der Waals surface area contributed by atoms with Gasteiger partial charge in [-0.25, -0.2) is 0 Å². The van der Waals surface area contributed by atoms with Crippen LogP contribution >= 0.6 is 0 Å². The van der Waals surface area contributed by atoms with Crippen LogP contribution in [0, 0.1) is 0 Å². The first-order valence-electron chi connectivity index (χ1n) is 9.01. The van der Waals surface area contributed by atoms with Crippen molar-refractivity contribution in [1.82, 2.24) is 5.32 Å². The second kappa shape index (κ2) is 10.7. The van der Waals surface area contributed by atoms with E-state index in [1.165, 1.54) is 5.56 Å². The van der Waals surface area contributed by atoms with Gasteiger partial charge in [0.1, 0.15) is 17.3 Å². The van der Waals surface area contributed by atoms with Gasteiger partial charge >= 0.3 is 0 Å². The molecule has 2 rings (SSSR count). The highest BCUT2D eigenvalue weighted by Gasteiger charge is 2.15. The summed E-state index contributed by atoms with van der Waals surface area (Å²) < 4.78 is 17.3. The van der Waals surface area contributed by atoms with E-state index in [1.807, 2.05) is 43.3 Å². The third-order valence-electron chi connectivity index (χ3n) is 4.04. The number of furan rings is 1. The average molecular weight is 391 g/mol. The fourth-order valence-electron chi connectivity index (χ4n) is 2.57. The zero-order valence-corrected chi connectivity index (χ0v) is 16.5. The molecule has 0 unspecified atom stereocenters. The minimum atomic E-state index is -1.55. The van der Waals surface area contributed by atoms with Crippen LogP contribution in [-0.4, -0.2) is 33.6 Å². The molecule has 0 fully saturated rings. The van der Waals surface area contributed by atoms with Crippen molar-refractivity contribution in [2.24, 2.45) is 0 Å². The highest BCUT2D eigenvalue weighted by molar-refractivity contribution is 7.86. The summed E-state index contributed by atoms with van der Waals surface area (Å²) in [5.74, 6) is -0.211. The number of amides is 2. The van der Waals surface area contributed by atoms with Crippen LogP contribution in [-0.2, 0) is 33.2 Å². The van der Waals surface area contributed by atoms with Crippen LogP contribution in [0.1, 0.15) is 31.6 Å². The zero-order valence-electron chi connectivity index (χ0n) is 15.7. The summed E-state index contributed by atoms with van der Waals surface area (Å²) in [4.78, 5) is 23.9. The molecule has 6 nitrogen and oxygen atoms in total. The summed E-state index contributed by atoms with van der Waals surface area (Å²) in [5.41, 5.74) is 1.83. The van der Waals surface area contributed by atoms with Gasteiger partial charge in [-0.15, -0.1) is 0 Å². The molecule has 0 bridgehead atoms. The van der Waals surface area contributed by atoms with Crippen LogP contribution in [0.3, 0.4) is 0 Å². The maximum absolute atomic E-state index is 12.1. The third kappa shape index (κ3) is 7.78. The SMILES string of the molecule is CCc1ccc(NC(=O)C[S@](=O)CC(=O)N[C@@H](C)CCc2ccco2)cc1. The molecular formula is C20H26N2O4S. The van der Waals surface area contributed by atoms with Gasteiger partial charge in [0, 0.05) is 28.9 Å². The number of anilines is 1. The maximum atomic E-state index is 12.1. The number of benzene rings is 1. The van der Waals surface area contributed by atoms with Crippen LogP contribution in [0.5, 0.6) is 0 Å². The lowest BCUT2D eigenvalue weighted by molar-refractivity contribution is -0.119. The average Bonchev–Trinajstić information content (AvgIpc) is 3.13. The Hall–Kier alpha value is -2.41. The molecule has 0 aliphatic rings. The van der Waals surface area contributed by atoms with Gasteiger partial charge in [0.2, 0.25) is 11.8 Å². The van der Waals surface area contributed by atoms with E-state index in [9.17, 15) is 13.8 Å². The Labute approximate surface area is 162 Å². The van der Waals surface area contributed by atoms with E-state index in [0.717, 1.165) is 25.0 Å². The number of nitrogens with one attached hydrogen (secondary N) is 2. The van der Waals surface area contributed by atoms with Gasteiger partial charge in [0.25, 0.3) is 0 Å². The molecule has 1 heterocycles. The largest absolute Gasteiger partial charge is 0.469 e. The molecule has 27 heavy (non-hydrogen) atoms. The van der Waals surface area contributed by atoms with Crippen molar-refractivity contribution in [2.75, 3.05) is 16.8 Å². The van der Waals surface area contributed by atoms with Gasteiger partial charge in [-0.3, -0.25) is 13.8 Å². The molecule has 2 N–H and O–H groups in total. The number of carbonyl (C=O) groups excluding carboxylic acids is 2. The lowest BCUT2D eigenvalue weighted by Gasteiger charge is -2.13. The van der Waals surface area contributed by atoms with Crippen molar-refractivity contribution in [2.45, 2.75) is 39.2 Å². The van der Waals surface area contributed by atoms with E-state index in [0.29, 0.717) is 5.69 Å². The lowest BCUT2D eigenvalue weighted by atomic mass is 10.1. The number of carbonyl (C=O) groups is 2. The summed E-state index contributed by atoms with van der Waals surface area (Å²) in [6.45, 7) is 3.94. The van der Waals surface area contributed by atoms with Gasteiger partial charge in [-0.05, 0) is 49.6 Å². The first-order valence-corrected chi connectivity index (χ1v) is 10.5. The molecule has 2 amide bonds. The second-order valence-corrected chi connectivity index (χ2v) is 7.87. The molecule has 0 spiro atoms. The Morgan fingerprint density at radius 2 is 1.81 bits per heavy atom. The van der Waals surface area contributed by atoms with E-state index < -0.39 is 10.8 Å². The van der Waals surface area contributed by atoms with Gasteiger partial charge in [0.15, 0.2) is 0 Å². The first-order chi connectivity index (χ1) is 13.0. The second-order valence-electron chi connectivity index (χ2n) is 6.41. The van der Waals surface area contributed by atoms with Crippen LogP contribution in [0.15, 0.2) is 47.1 Å². The number of rotatable bonds is 10. The van der Waals surface area contributed by atoms with Gasteiger partial charge in [0.05, 0.1) is 6.26 Å². The molecule has 0 radical (unpaired) electrons. The first kappa shape index (κ1) is 20.9. The molecule has 0 saturated heterocycles. The van der Waals surface area contributed by atoms with Crippen molar-refractivity contribution in [1.29, 1.82) is 0 Å². The van der Waals surface area contributed by atoms with Crippen LogP contribution in [0.2, 0.25) is 0 Å². The minimum absolute atomic E-state index is 0.0643. The summed E-state index contributed by atoms with van der Waals surface area (Å²) in [6, 6.07) is 11.1. The molecule has 7 heteroatoms. The Balaban J connectivity index is 1.68. The van der Waals surface area contributed by atoms with Gasteiger partial charge < -0.3 is 15.1 Å². The quantitative estimate of drug-likeness (QED) is 0.653. The standard InChI is InChI=1S/C20H26N2O4S/c1-3-16-7-9-17(10-8-16)22-20(24)14-27(25)13-19(23)21-15(2)6-11-18-5-4-12-26-18/h4-5,7-10,12,15H,3,6,11,13-14H2,1-2H3,(H,21,23)(H,22,24)/t15-,27+/m0/s1. The third-order valence-corrected chi connectivity index (χ3v) is 5.21. The summed E-state index contributed by atoms with van der Waals surface area (Å²) >= 11 is 0. The van der Waals surface area contributed by atoms with E-state index in [4.69, 9.17) is 4.42 Å². The summed E-state index contributed by atoms with van der Waals surface area (Å²) in [5, 5.41) is 5.50. The molecule has 2 atom stereocenters. The number of aryl methyl sites for hydroxylation is 2. The van der Waals surface area contributed by atoms with Crippen molar-refractivity contribution < 1.29 is 18.2 Å². The molecule has 146 valence electrons. The highest BCUT2D eigenvalue weighted by Crippen LogP contribution is 2.10. The fraction of sp³-hybridized carbons (Fsp3) is 0.400.